The lowest BCUT2D eigenvalue weighted by molar-refractivity contribution is 0.282. The van der Waals surface area contributed by atoms with E-state index in [1.807, 2.05) is 36.4 Å². The van der Waals surface area contributed by atoms with Crippen LogP contribution >= 0.6 is 0 Å². The molecule has 0 fully saturated rings. The first-order valence-corrected chi connectivity index (χ1v) is 7.73. The van der Waals surface area contributed by atoms with Crippen LogP contribution in [0.25, 0.3) is 22.2 Å². The van der Waals surface area contributed by atoms with E-state index in [4.69, 9.17) is 4.98 Å². The fourth-order valence-corrected chi connectivity index (χ4v) is 3.03. The van der Waals surface area contributed by atoms with Gasteiger partial charge in [0, 0.05) is 23.8 Å². The Bertz CT molecular complexity index is 944. The van der Waals surface area contributed by atoms with Gasteiger partial charge in [0.15, 0.2) is 0 Å². The first-order valence-electron chi connectivity index (χ1n) is 7.73. The van der Waals surface area contributed by atoms with Crippen LogP contribution in [0.1, 0.15) is 19.7 Å². The molecule has 0 saturated carbocycles. The molecule has 4 rings (SSSR count). The Balaban J connectivity index is 1.90. The van der Waals surface area contributed by atoms with Crippen LogP contribution in [0.2, 0.25) is 0 Å². The lowest BCUT2D eigenvalue weighted by atomic mass is 10.0. The fourth-order valence-electron chi connectivity index (χ4n) is 3.03. The van der Waals surface area contributed by atoms with Crippen molar-refractivity contribution in [3.05, 3.63) is 58.8 Å². The summed E-state index contributed by atoms with van der Waals surface area (Å²) in [6, 6.07) is 11.5. The van der Waals surface area contributed by atoms with Crippen molar-refractivity contribution < 1.29 is 0 Å². The molecule has 1 aromatic carbocycles. The molecule has 1 aliphatic heterocycles. The standard InChI is InChI=1S/C18H18N4O/c1-18(2)11-22-16(10-20-18)21-15-9-12(6-7-13(15)17(22)23)14-5-3-4-8-19-14/h3-9,20H,10-11H2,1-2H3. The Morgan fingerprint density at radius 1 is 1.22 bits per heavy atom. The van der Waals surface area contributed by atoms with Gasteiger partial charge in [-0.15, -0.1) is 0 Å². The van der Waals surface area contributed by atoms with Crippen molar-refractivity contribution in [2.75, 3.05) is 0 Å². The molecule has 0 unspecified atom stereocenters. The number of aromatic nitrogens is 3. The molecule has 1 N–H and O–H groups in total. The largest absolute Gasteiger partial charge is 0.303 e. The van der Waals surface area contributed by atoms with Crippen LogP contribution in [-0.2, 0) is 13.1 Å². The van der Waals surface area contributed by atoms with Crippen molar-refractivity contribution >= 4 is 10.9 Å². The van der Waals surface area contributed by atoms with Gasteiger partial charge in [-0.1, -0.05) is 12.1 Å². The van der Waals surface area contributed by atoms with Crippen molar-refractivity contribution in [2.24, 2.45) is 0 Å². The van der Waals surface area contributed by atoms with Crippen LogP contribution in [0, 0.1) is 0 Å². The zero-order valence-corrected chi connectivity index (χ0v) is 13.2. The smallest absolute Gasteiger partial charge is 0.261 e. The molecule has 3 aromatic rings. The highest BCUT2D eigenvalue weighted by Crippen LogP contribution is 2.22. The van der Waals surface area contributed by atoms with E-state index in [0.717, 1.165) is 22.6 Å². The summed E-state index contributed by atoms with van der Waals surface area (Å²) >= 11 is 0. The van der Waals surface area contributed by atoms with Gasteiger partial charge >= 0.3 is 0 Å². The number of fused-ring (bicyclic) bond motifs is 2. The molecule has 116 valence electrons. The van der Waals surface area contributed by atoms with Gasteiger partial charge in [0.25, 0.3) is 5.56 Å². The van der Waals surface area contributed by atoms with Crippen molar-refractivity contribution in [1.82, 2.24) is 19.9 Å². The number of rotatable bonds is 1. The summed E-state index contributed by atoms with van der Waals surface area (Å²) in [5.74, 6) is 0.792. The average molecular weight is 306 g/mol. The summed E-state index contributed by atoms with van der Waals surface area (Å²) < 4.78 is 1.79. The molecule has 0 aliphatic carbocycles. The normalized spacial score (nSPS) is 16.3. The summed E-state index contributed by atoms with van der Waals surface area (Å²) in [5.41, 5.74) is 2.52. The van der Waals surface area contributed by atoms with Crippen LogP contribution in [0.3, 0.4) is 0 Å². The number of benzene rings is 1. The number of hydrogen-bond donors (Lipinski definition) is 1. The van der Waals surface area contributed by atoms with Gasteiger partial charge < -0.3 is 5.32 Å². The minimum absolute atomic E-state index is 0.0344. The van der Waals surface area contributed by atoms with Crippen molar-refractivity contribution in [2.45, 2.75) is 32.5 Å². The highest BCUT2D eigenvalue weighted by Gasteiger charge is 2.26. The minimum Gasteiger partial charge on any atom is -0.303 e. The van der Waals surface area contributed by atoms with E-state index in [0.29, 0.717) is 18.5 Å². The molecular formula is C18H18N4O. The van der Waals surface area contributed by atoms with Crippen molar-refractivity contribution in [3.63, 3.8) is 0 Å². The summed E-state index contributed by atoms with van der Waals surface area (Å²) in [5, 5.41) is 4.08. The first kappa shape index (κ1) is 14.1. The summed E-state index contributed by atoms with van der Waals surface area (Å²) in [6.07, 6.45) is 1.76. The topological polar surface area (TPSA) is 59.8 Å². The Morgan fingerprint density at radius 2 is 2.09 bits per heavy atom. The summed E-state index contributed by atoms with van der Waals surface area (Å²) in [7, 11) is 0. The second kappa shape index (κ2) is 4.99. The third-order valence-corrected chi connectivity index (χ3v) is 4.27. The van der Waals surface area contributed by atoms with E-state index >= 15 is 0 Å². The van der Waals surface area contributed by atoms with Crippen molar-refractivity contribution in [3.8, 4) is 11.3 Å². The van der Waals surface area contributed by atoms with Crippen LogP contribution < -0.4 is 10.9 Å². The summed E-state index contributed by atoms with van der Waals surface area (Å²) in [4.78, 5) is 21.9. The lowest BCUT2D eigenvalue weighted by Crippen LogP contribution is -2.50. The molecule has 0 saturated heterocycles. The zero-order chi connectivity index (χ0) is 16.0. The fraction of sp³-hybridized carbons (Fsp3) is 0.278. The van der Waals surface area contributed by atoms with E-state index in [9.17, 15) is 4.79 Å². The predicted molar refractivity (Wildman–Crippen MR) is 90.2 cm³/mol. The van der Waals surface area contributed by atoms with Crippen LogP contribution in [-0.4, -0.2) is 20.1 Å². The van der Waals surface area contributed by atoms with Gasteiger partial charge in [0.1, 0.15) is 5.82 Å². The Hall–Kier alpha value is -2.53. The van der Waals surface area contributed by atoms with Crippen LogP contribution in [0.5, 0.6) is 0 Å². The Labute approximate surface area is 134 Å². The molecule has 0 bridgehead atoms. The lowest BCUT2D eigenvalue weighted by Gasteiger charge is -2.33. The maximum atomic E-state index is 12.8. The SMILES string of the molecule is CC1(C)Cn2c(nc3cc(-c4ccccn4)ccc3c2=O)CN1. The van der Waals surface area contributed by atoms with Gasteiger partial charge in [-0.05, 0) is 38.1 Å². The third kappa shape index (κ3) is 2.43. The second-order valence-corrected chi connectivity index (χ2v) is 6.60. The minimum atomic E-state index is -0.0971. The van der Waals surface area contributed by atoms with E-state index in [1.54, 1.807) is 10.8 Å². The van der Waals surface area contributed by atoms with Gasteiger partial charge in [0.2, 0.25) is 0 Å². The molecule has 2 aromatic heterocycles. The molecule has 1 aliphatic rings. The maximum Gasteiger partial charge on any atom is 0.261 e. The molecule has 0 radical (unpaired) electrons. The van der Waals surface area contributed by atoms with Crippen molar-refractivity contribution in [1.29, 1.82) is 0 Å². The first-order chi connectivity index (χ1) is 11.0. The average Bonchev–Trinajstić information content (AvgIpc) is 2.56. The van der Waals surface area contributed by atoms with Gasteiger partial charge in [-0.3, -0.25) is 14.3 Å². The number of nitrogens with zero attached hydrogens (tertiary/aromatic N) is 3. The zero-order valence-electron chi connectivity index (χ0n) is 13.2. The number of hydrogen-bond acceptors (Lipinski definition) is 4. The predicted octanol–water partition coefficient (Wildman–Crippen LogP) is 2.34. The highest BCUT2D eigenvalue weighted by atomic mass is 16.1. The molecule has 0 spiro atoms. The monoisotopic (exact) mass is 306 g/mol. The third-order valence-electron chi connectivity index (χ3n) is 4.27. The van der Waals surface area contributed by atoms with E-state index < -0.39 is 0 Å². The van der Waals surface area contributed by atoms with Gasteiger partial charge in [-0.2, -0.15) is 0 Å². The van der Waals surface area contributed by atoms with Crippen LogP contribution in [0.4, 0.5) is 0 Å². The molecule has 5 heteroatoms. The highest BCUT2D eigenvalue weighted by molar-refractivity contribution is 5.83. The van der Waals surface area contributed by atoms with Gasteiger partial charge in [0.05, 0.1) is 23.1 Å². The van der Waals surface area contributed by atoms with Crippen LogP contribution in [0.15, 0.2) is 47.4 Å². The van der Waals surface area contributed by atoms with E-state index in [2.05, 4.69) is 24.1 Å². The number of nitrogens with one attached hydrogen (secondary N) is 1. The Kier molecular flexibility index (Phi) is 3.06. The molecular weight excluding hydrogens is 288 g/mol. The number of pyridine rings is 1. The Morgan fingerprint density at radius 3 is 2.87 bits per heavy atom. The van der Waals surface area contributed by atoms with E-state index in [1.165, 1.54) is 0 Å². The molecule has 0 amide bonds. The summed E-state index contributed by atoms with van der Waals surface area (Å²) in [6.45, 7) is 5.42. The maximum absolute atomic E-state index is 12.8. The molecule has 5 nitrogen and oxygen atoms in total. The molecule has 23 heavy (non-hydrogen) atoms. The van der Waals surface area contributed by atoms with Gasteiger partial charge in [-0.25, -0.2) is 4.98 Å². The second-order valence-electron chi connectivity index (χ2n) is 6.60. The van der Waals surface area contributed by atoms with E-state index in [-0.39, 0.29) is 11.1 Å². The molecule has 3 heterocycles. The molecule has 0 atom stereocenters. The quantitative estimate of drug-likeness (QED) is 0.749.